The summed E-state index contributed by atoms with van der Waals surface area (Å²) in [5.41, 5.74) is 5.80. The molecule has 2 amide bonds. The highest BCUT2D eigenvalue weighted by Crippen LogP contribution is 2.31. The van der Waals surface area contributed by atoms with E-state index in [0.29, 0.717) is 31.8 Å². The largest absolute Gasteiger partial charge is 0.356 e. The molecule has 124 valence electrons. The standard InChI is InChI=1S/C16H33N3O2/c1-12(2)19-15(21)9-11-18-14(20)7-6-13(8-10-17)16(3,4)5/h12-13H,6-11,17H2,1-5H3,(H,18,20)(H,19,21). The Kier molecular flexibility index (Phi) is 9.26. The zero-order chi connectivity index (χ0) is 16.5. The molecule has 0 spiro atoms. The topological polar surface area (TPSA) is 84.2 Å². The number of hydrogen-bond acceptors (Lipinski definition) is 3. The molecular weight excluding hydrogens is 266 g/mol. The molecule has 0 aliphatic heterocycles. The predicted molar refractivity (Wildman–Crippen MR) is 86.8 cm³/mol. The monoisotopic (exact) mass is 299 g/mol. The van der Waals surface area contributed by atoms with E-state index in [1.54, 1.807) is 0 Å². The van der Waals surface area contributed by atoms with Gasteiger partial charge in [0, 0.05) is 25.4 Å². The van der Waals surface area contributed by atoms with Crippen molar-refractivity contribution < 1.29 is 9.59 Å². The Bertz CT molecular complexity index is 322. The molecule has 4 N–H and O–H groups in total. The number of hydrogen-bond donors (Lipinski definition) is 3. The number of nitrogens with two attached hydrogens (primary N) is 1. The van der Waals surface area contributed by atoms with Crippen molar-refractivity contribution in [2.75, 3.05) is 13.1 Å². The van der Waals surface area contributed by atoms with E-state index in [-0.39, 0.29) is 23.3 Å². The first-order valence-corrected chi connectivity index (χ1v) is 7.93. The SMILES string of the molecule is CC(C)NC(=O)CCNC(=O)CCC(CCN)C(C)(C)C. The van der Waals surface area contributed by atoms with Crippen molar-refractivity contribution in [3.8, 4) is 0 Å². The second-order valence-electron chi connectivity index (χ2n) is 7.00. The van der Waals surface area contributed by atoms with E-state index < -0.39 is 0 Å². The maximum atomic E-state index is 11.8. The van der Waals surface area contributed by atoms with Crippen LogP contribution in [0.3, 0.4) is 0 Å². The van der Waals surface area contributed by atoms with Crippen molar-refractivity contribution in [2.45, 2.75) is 66.3 Å². The molecule has 21 heavy (non-hydrogen) atoms. The molecule has 0 rings (SSSR count). The molecule has 5 nitrogen and oxygen atoms in total. The summed E-state index contributed by atoms with van der Waals surface area (Å²) >= 11 is 0. The third-order valence-corrected chi connectivity index (χ3v) is 3.58. The van der Waals surface area contributed by atoms with E-state index in [1.165, 1.54) is 0 Å². The first-order valence-electron chi connectivity index (χ1n) is 7.93. The number of amides is 2. The van der Waals surface area contributed by atoms with Crippen LogP contribution in [0.5, 0.6) is 0 Å². The fourth-order valence-corrected chi connectivity index (χ4v) is 2.31. The molecule has 1 unspecified atom stereocenters. The zero-order valence-electron chi connectivity index (χ0n) is 14.3. The Morgan fingerprint density at radius 1 is 1.05 bits per heavy atom. The van der Waals surface area contributed by atoms with E-state index in [2.05, 4.69) is 31.4 Å². The van der Waals surface area contributed by atoms with Crippen molar-refractivity contribution in [1.29, 1.82) is 0 Å². The van der Waals surface area contributed by atoms with E-state index in [1.807, 2.05) is 13.8 Å². The van der Waals surface area contributed by atoms with E-state index in [0.717, 1.165) is 12.8 Å². The average molecular weight is 299 g/mol. The van der Waals surface area contributed by atoms with Crippen molar-refractivity contribution in [3.05, 3.63) is 0 Å². The van der Waals surface area contributed by atoms with Crippen molar-refractivity contribution in [3.63, 3.8) is 0 Å². The molecule has 0 aromatic rings. The molecule has 0 bridgehead atoms. The third-order valence-electron chi connectivity index (χ3n) is 3.58. The lowest BCUT2D eigenvalue weighted by Crippen LogP contribution is -2.34. The van der Waals surface area contributed by atoms with Gasteiger partial charge in [-0.15, -0.1) is 0 Å². The minimum absolute atomic E-state index is 0.0126. The summed E-state index contributed by atoms with van der Waals surface area (Å²) in [6.45, 7) is 11.4. The first kappa shape index (κ1) is 19.9. The molecule has 0 aliphatic rings. The third kappa shape index (κ3) is 10.3. The lowest BCUT2D eigenvalue weighted by Gasteiger charge is -2.30. The molecule has 0 fully saturated rings. The molecule has 0 saturated heterocycles. The van der Waals surface area contributed by atoms with Crippen LogP contribution in [0.25, 0.3) is 0 Å². The van der Waals surface area contributed by atoms with Crippen LogP contribution in [0.2, 0.25) is 0 Å². The highest BCUT2D eigenvalue weighted by molar-refractivity contribution is 5.79. The van der Waals surface area contributed by atoms with Crippen LogP contribution in [0.15, 0.2) is 0 Å². The van der Waals surface area contributed by atoms with Gasteiger partial charge in [0.15, 0.2) is 0 Å². The summed E-state index contributed by atoms with van der Waals surface area (Å²) in [6, 6.07) is 0.136. The molecule has 0 aromatic heterocycles. The Morgan fingerprint density at radius 2 is 1.67 bits per heavy atom. The minimum atomic E-state index is -0.0269. The fraction of sp³-hybridized carbons (Fsp3) is 0.875. The molecule has 1 atom stereocenters. The summed E-state index contributed by atoms with van der Waals surface area (Å²) < 4.78 is 0. The van der Waals surface area contributed by atoms with Gasteiger partial charge in [0.2, 0.25) is 11.8 Å². The van der Waals surface area contributed by atoms with Crippen LogP contribution in [-0.2, 0) is 9.59 Å². The maximum absolute atomic E-state index is 11.8. The Hall–Kier alpha value is -1.10. The summed E-state index contributed by atoms with van der Waals surface area (Å²) in [5, 5.41) is 5.60. The maximum Gasteiger partial charge on any atom is 0.221 e. The lowest BCUT2D eigenvalue weighted by atomic mass is 9.76. The molecule has 0 aliphatic carbocycles. The van der Waals surface area contributed by atoms with Gasteiger partial charge in [-0.2, -0.15) is 0 Å². The van der Waals surface area contributed by atoms with Crippen LogP contribution in [0.1, 0.15) is 60.3 Å². The quantitative estimate of drug-likeness (QED) is 0.607. The highest BCUT2D eigenvalue weighted by Gasteiger charge is 2.24. The Morgan fingerprint density at radius 3 is 2.14 bits per heavy atom. The van der Waals surface area contributed by atoms with Crippen LogP contribution in [-0.4, -0.2) is 30.9 Å². The van der Waals surface area contributed by atoms with Crippen LogP contribution < -0.4 is 16.4 Å². The van der Waals surface area contributed by atoms with Crippen LogP contribution in [0, 0.1) is 11.3 Å². The molecule has 0 radical (unpaired) electrons. The molecular formula is C16H33N3O2. The van der Waals surface area contributed by atoms with Gasteiger partial charge >= 0.3 is 0 Å². The Balaban J connectivity index is 3.96. The van der Waals surface area contributed by atoms with Gasteiger partial charge in [-0.3, -0.25) is 9.59 Å². The number of carbonyl (C=O) groups is 2. The lowest BCUT2D eigenvalue weighted by molar-refractivity contribution is -0.122. The second-order valence-corrected chi connectivity index (χ2v) is 7.00. The van der Waals surface area contributed by atoms with E-state index in [9.17, 15) is 9.59 Å². The molecule has 0 heterocycles. The predicted octanol–water partition coefficient (Wildman–Crippen LogP) is 1.81. The van der Waals surface area contributed by atoms with Crippen molar-refractivity contribution >= 4 is 11.8 Å². The highest BCUT2D eigenvalue weighted by atomic mass is 16.2. The number of carbonyl (C=O) groups excluding carboxylic acids is 2. The second kappa shape index (κ2) is 9.77. The van der Waals surface area contributed by atoms with Crippen molar-refractivity contribution in [2.24, 2.45) is 17.1 Å². The number of nitrogens with one attached hydrogen (secondary N) is 2. The average Bonchev–Trinajstić information content (AvgIpc) is 2.32. The van der Waals surface area contributed by atoms with Crippen LogP contribution >= 0.6 is 0 Å². The molecule has 0 saturated carbocycles. The zero-order valence-corrected chi connectivity index (χ0v) is 14.3. The first-order chi connectivity index (χ1) is 9.66. The summed E-state index contributed by atoms with van der Waals surface area (Å²) in [5.74, 6) is 0.428. The van der Waals surface area contributed by atoms with Gasteiger partial charge < -0.3 is 16.4 Å². The van der Waals surface area contributed by atoms with E-state index in [4.69, 9.17) is 5.73 Å². The molecule has 0 aromatic carbocycles. The van der Waals surface area contributed by atoms with Gasteiger partial charge in [-0.25, -0.2) is 0 Å². The smallest absolute Gasteiger partial charge is 0.221 e. The minimum Gasteiger partial charge on any atom is -0.356 e. The Labute approximate surface area is 129 Å². The summed E-state index contributed by atoms with van der Waals surface area (Å²) in [4.78, 5) is 23.2. The van der Waals surface area contributed by atoms with Gasteiger partial charge in [-0.05, 0) is 44.6 Å². The van der Waals surface area contributed by atoms with Gasteiger partial charge in [0.25, 0.3) is 0 Å². The van der Waals surface area contributed by atoms with Gasteiger partial charge in [0.05, 0.1) is 0 Å². The molecule has 5 heteroatoms. The normalized spacial score (nSPS) is 13.1. The summed E-state index contributed by atoms with van der Waals surface area (Å²) in [6.07, 6.45) is 2.60. The van der Waals surface area contributed by atoms with Crippen molar-refractivity contribution in [1.82, 2.24) is 10.6 Å². The number of rotatable bonds is 9. The summed E-state index contributed by atoms with van der Waals surface area (Å²) in [7, 11) is 0. The van der Waals surface area contributed by atoms with Gasteiger partial charge in [-0.1, -0.05) is 20.8 Å². The van der Waals surface area contributed by atoms with Crippen LogP contribution in [0.4, 0.5) is 0 Å². The fourth-order valence-electron chi connectivity index (χ4n) is 2.31. The van der Waals surface area contributed by atoms with Gasteiger partial charge in [0.1, 0.15) is 0 Å². The van der Waals surface area contributed by atoms with E-state index >= 15 is 0 Å².